The molecule has 0 unspecified atom stereocenters. The molecular weight excluding hydrogens is 318 g/mol. The molecule has 1 aliphatic rings. The van der Waals surface area contributed by atoms with Crippen molar-refractivity contribution in [3.8, 4) is 11.5 Å². The number of nitrogens with zero attached hydrogens (tertiary/aromatic N) is 1. The molecule has 118 valence electrons. The topological polar surface area (TPSA) is 38.8 Å². The van der Waals surface area contributed by atoms with E-state index >= 15 is 0 Å². The van der Waals surface area contributed by atoms with E-state index in [-0.39, 0.29) is 5.91 Å². The normalized spacial score (nSPS) is 16.5. The zero-order valence-corrected chi connectivity index (χ0v) is 14.6. The highest BCUT2D eigenvalue weighted by molar-refractivity contribution is 8.26. The van der Waals surface area contributed by atoms with Crippen molar-refractivity contribution in [1.82, 2.24) is 4.90 Å². The molecule has 1 aromatic carbocycles. The largest absolute Gasteiger partial charge is 0.493 e. The summed E-state index contributed by atoms with van der Waals surface area (Å²) in [5, 5.41) is 0. The first kappa shape index (κ1) is 16.8. The van der Waals surface area contributed by atoms with Gasteiger partial charge in [0.25, 0.3) is 5.91 Å². The smallest absolute Gasteiger partial charge is 0.266 e. The maximum absolute atomic E-state index is 12.4. The van der Waals surface area contributed by atoms with Gasteiger partial charge in [0.15, 0.2) is 11.5 Å². The highest BCUT2D eigenvalue weighted by Crippen LogP contribution is 2.34. The van der Waals surface area contributed by atoms with E-state index in [1.54, 1.807) is 19.1 Å². The van der Waals surface area contributed by atoms with Crippen LogP contribution < -0.4 is 9.47 Å². The summed E-state index contributed by atoms with van der Waals surface area (Å²) >= 11 is 6.64. The second kappa shape index (κ2) is 7.65. The third kappa shape index (κ3) is 3.62. The van der Waals surface area contributed by atoms with Gasteiger partial charge in [0, 0.05) is 6.54 Å². The summed E-state index contributed by atoms with van der Waals surface area (Å²) in [5.74, 6) is 1.28. The molecule has 0 radical (unpaired) electrons. The van der Waals surface area contributed by atoms with Crippen LogP contribution in [0.1, 0.15) is 25.3 Å². The second-order valence-corrected chi connectivity index (χ2v) is 6.48. The van der Waals surface area contributed by atoms with E-state index in [0.29, 0.717) is 27.3 Å². The van der Waals surface area contributed by atoms with Crippen molar-refractivity contribution in [2.75, 3.05) is 20.8 Å². The average Bonchev–Trinajstić information content (AvgIpc) is 2.79. The summed E-state index contributed by atoms with van der Waals surface area (Å²) < 4.78 is 11.1. The number of thiocarbonyl (C=S) groups is 1. The van der Waals surface area contributed by atoms with Crippen molar-refractivity contribution >= 4 is 40.3 Å². The van der Waals surface area contributed by atoms with Gasteiger partial charge in [-0.05, 0) is 30.2 Å². The number of ether oxygens (including phenoxy) is 2. The lowest BCUT2D eigenvalue weighted by Crippen LogP contribution is -2.28. The van der Waals surface area contributed by atoms with Crippen molar-refractivity contribution in [3.05, 3.63) is 28.7 Å². The molecule has 1 fully saturated rings. The maximum atomic E-state index is 12.4. The Morgan fingerprint density at radius 1 is 1.27 bits per heavy atom. The maximum Gasteiger partial charge on any atom is 0.266 e. The molecule has 0 aliphatic carbocycles. The third-order valence-corrected chi connectivity index (χ3v) is 4.69. The molecule has 0 N–H and O–H groups in total. The Morgan fingerprint density at radius 2 is 2.00 bits per heavy atom. The van der Waals surface area contributed by atoms with Gasteiger partial charge in [-0.3, -0.25) is 9.69 Å². The van der Waals surface area contributed by atoms with Gasteiger partial charge in [-0.2, -0.15) is 0 Å². The summed E-state index contributed by atoms with van der Waals surface area (Å²) in [4.78, 5) is 14.7. The standard InChI is InChI=1S/C16H19NO3S2/c1-4-5-8-17-15(18)14(22-16(17)21)10-11-6-7-12(19-2)13(9-11)20-3/h6-7,9-10H,4-5,8H2,1-3H3. The van der Waals surface area contributed by atoms with E-state index in [2.05, 4.69) is 6.92 Å². The first-order valence-corrected chi connectivity index (χ1v) is 8.30. The van der Waals surface area contributed by atoms with Crippen LogP contribution in [0, 0.1) is 0 Å². The average molecular weight is 337 g/mol. The van der Waals surface area contributed by atoms with Crippen LogP contribution >= 0.6 is 24.0 Å². The van der Waals surface area contributed by atoms with E-state index in [4.69, 9.17) is 21.7 Å². The van der Waals surface area contributed by atoms with Gasteiger partial charge < -0.3 is 9.47 Å². The molecule has 6 heteroatoms. The van der Waals surface area contributed by atoms with Crippen LogP contribution in [0.3, 0.4) is 0 Å². The Balaban J connectivity index is 2.23. The number of hydrogen-bond donors (Lipinski definition) is 0. The molecule has 0 bridgehead atoms. The first-order valence-electron chi connectivity index (χ1n) is 7.08. The minimum absolute atomic E-state index is 0.0155. The molecule has 4 nitrogen and oxygen atoms in total. The van der Waals surface area contributed by atoms with Crippen LogP contribution in [-0.2, 0) is 4.79 Å². The summed E-state index contributed by atoms with van der Waals surface area (Å²) in [5.41, 5.74) is 0.883. The zero-order chi connectivity index (χ0) is 16.1. The molecule has 2 rings (SSSR count). The molecule has 1 heterocycles. The highest BCUT2D eigenvalue weighted by atomic mass is 32.2. The number of thioether (sulfide) groups is 1. The summed E-state index contributed by atoms with van der Waals surface area (Å²) in [7, 11) is 3.18. The number of benzene rings is 1. The summed E-state index contributed by atoms with van der Waals surface area (Å²) in [6, 6.07) is 5.56. The van der Waals surface area contributed by atoms with Gasteiger partial charge in [-0.25, -0.2) is 0 Å². The van der Waals surface area contributed by atoms with Crippen LogP contribution in [0.15, 0.2) is 23.1 Å². The van der Waals surface area contributed by atoms with Crippen molar-refractivity contribution in [1.29, 1.82) is 0 Å². The van der Waals surface area contributed by atoms with Gasteiger partial charge in [0.2, 0.25) is 0 Å². The lowest BCUT2D eigenvalue weighted by Gasteiger charge is -2.13. The number of unbranched alkanes of at least 4 members (excludes halogenated alkanes) is 1. The fourth-order valence-electron chi connectivity index (χ4n) is 2.10. The summed E-state index contributed by atoms with van der Waals surface area (Å²) in [6.45, 7) is 2.78. The lowest BCUT2D eigenvalue weighted by molar-refractivity contribution is -0.122. The fourth-order valence-corrected chi connectivity index (χ4v) is 3.41. The Kier molecular flexibility index (Phi) is 5.85. The number of carbonyl (C=O) groups is 1. The first-order chi connectivity index (χ1) is 10.6. The number of methoxy groups -OCH3 is 2. The van der Waals surface area contributed by atoms with E-state index in [1.807, 2.05) is 24.3 Å². The van der Waals surface area contributed by atoms with Gasteiger partial charge in [0.05, 0.1) is 19.1 Å². The molecule has 1 aromatic rings. The van der Waals surface area contributed by atoms with Gasteiger partial charge in [0.1, 0.15) is 4.32 Å². The molecule has 1 amide bonds. The quantitative estimate of drug-likeness (QED) is 0.584. The van der Waals surface area contributed by atoms with E-state index in [1.165, 1.54) is 11.8 Å². The SMILES string of the molecule is CCCCN1C(=O)C(=Cc2ccc(OC)c(OC)c2)SC1=S. The molecule has 0 saturated carbocycles. The molecule has 0 atom stereocenters. The second-order valence-electron chi connectivity index (χ2n) is 4.80. The Bertz CT molecular complexity index is 613. The van der Waals surface area contributed by atoms with Crippen molar-refractivity contribution in [2.45, 2.75) is 19.8 Å². The van der Waals surface area contributed by atoms with Crippen LogP contribution in [0.4, 0.5) is 0 Å². The third-order valence-electron chi connectivity index (χ3n) is 3.31. The van der Waals surface area contributed by atoms with Crippen molar-refractivity contribution in [2.24, 2.45) is 0 Å². The van der Waals surface area contributed by atoms with Gasteiger partial charge in [-0.1, -0.05) is 43.4 Å². The fraction of sp³-hybridized carbons (Fsp3) is 0.375. The monoisotopic (exact) mass is 337 g/mol. The van der Waals surface area contributed by atoms with E-state index < -0.39 is 0 Å². The minimum atomic E-state index is -0.0155. The number of amides is 1. The Hall–Kier alpha value is -1.53. The van der Waals surface area contributed by atoms with Crippen LogP contribution in [0.2, 0.25) is 0 Å². The number of hydrogen-bond acceptors (Lipinski definition) is 5. The van der Waals surface area contributed by atoms with Crippen molar-refractivity contribution < 1.29 is 14.3 Å². The van der Waals surface area contributed by atoms with E-state index in [9.17, 15) is 4.79 Å². The minimum Gasteiger partial charge on any atom is -0.493 e. The van der Waals surface area contributed by atoms with Crippen LogP contribution in [0.5, 0.6) is 11.5 Å². The molecule has 22 heavy (non-hydrogen) atoms. The molecule has 1 aliphatic heterocycles. The molecule has 1 saturated heterocycles. The molecule has 0 aromatic heterocycles. The van der Waals surface area contributed by atoms with Gasteiger partial charge in [-0.15, -0.1) is 0 Å². The zero-order valence-electron chi connectivity index (χ0n) is 12.9. The number of carbonyl (C=O) groups excluding carboxylic acids is 1. The predicted molar refractivity (Wildman–Crippen MR) is 94.3 cm³/mol. The van der Waals surface area contributed by atoms with Crippen molar-refractivity contribution in [3.63, 3.8) is 0 Å². The Morgan fingerprint density at radius 3 is 2.64 bits per heavy atom. The lowest BCUT2D eigenvalue weighted by atomic mass is 10.2. The molecular formula is C16H19NO3S2. The Labute approximate surface area is 140 Å². The van der Waals surface area contributed by atoms with Gasteiger partial charge >= 0.3 is 0 Å². The van der Waals surface area contributed by atoms with Crippen LogP contribution in [0.25, 0.3) is 6.08 Å². The summed E-state index contributed by atoms with van der Waals surface area (Å²) in [6.07, 6.45) is 3.83. The predicted octanol–water partition coefficient (Wildman–Crippen LogP) is 3.71. The number of rotatable bonds is 6. The molecule has 0 spiro atoms. The van der Waals surface area contributed by atoms with E-state index in [0.717, 1.165) is 18.4 Å². The van der Waals surface area contributed by atoms with Crippen LogP contribution in [-0.4, -0.2) is 35.9 Å². The highest BCUT2D eigenvalue weighted by Gasteiger charge is 2.31.